The quantitative estimate of drug-likeness (QED) is 0.909. The summed E-state index contributed by atoms with van der Waals surface area (Å²) in [4.78, 5) is 29.2. The lowest BCUT2D eigenvalue weighted by Gasteiger charge is -2.43. The molecule has 1 saturated carbocycles. The third-order valence-electron chi connectivity index (χ3n) is 5.72. The normalized spacial score (nSPS) is 21.0. The van der Waals surface area contributed by atoms with Gasteiger partial charge in [-0.25, -0.2) is 0 Å². The molecule has 2 heterocycles. The highest BCUT2D eigenvalue weighted by Gasteiger charge is 2.36. The Kier molecular flexibility index (Phi) is 4.43. The van der Waals surface area contributed by atoms with Crippen molar-refractivity contribution in [3.8, 4) is 0 Å². The number of hydrogen-bond acceptors (Lipinski definition) is 2. The van der Waals surface area contributed by atoms with Gasteiger partial charge in [0.25, 0.3) is 5.91 Å². The molecule has 25 heavy (non-hydrogen) atoms. The van der Waals surface area contributed by atoms with E-state index in [1.54, 1.807) is 12.3 Å². The number of benzene rings is 1. The van der Waals surface area contributed by atoms with Gasteiger partial charge < -0.3 is 9.88 Å². The van der Waals surface area contributed by atoms with Crippen LogP contribution >= 0.6 is 0 Å². The highest BCUT2D eigenvalue weighted by Crippen LogP contribution is 2.42. The number of carbonyl (C=O) groups excluding carboxylic acids is 1. The molecule has 4 heteroatoms. The van der Waals surface area contributed by atoms with Crippen molar-refractivity contribution in [1.29, 1.82) is 0 Å². The minimum Gasteiger partial charge on any atom is -0.331 e. The molecule has 1 atom stereocenters. The van der Waals surface area contributed by atoms with E-state index in [-0.39, 0.29) is 17.5 Å². The van der Waals surface area contributed by atoms with Gasteiger partial charge in [-0.1, -0.05) is 43.5 Å². The van der Waals surface area contributed by atoms with E-state index in [0.29, 0.717) is 11.5 Å². The predicted octanol–water partition coefficient (Wildman–Crippen LogP) is 3.69. The van der Waals surface area contributed by atoms with E-state index in [1.807, 2.05) is 4.90 Å². The number of rotatable bonds is 2. The summed E-state index contributed by atoms with van der Waals surface area (Å²) in [6.45, 7) is 0.746. The number of hydrogen-bond donors (Lipinski definition) is 1. The molecule has 1 aliphatic heterocycles. The number of fused-ring (bicyclic) bond motifs is 1. The lowest BCUT2D eigenvalue weighted by atomic mass is 9.77. The maximum Gasteiger partial charge on any atom is 0.255 e. The molecule has 0 spiro atoms. The van der Waals surface area contributed by atoms with Gasteiger partial charge in [0.1, 0.15) is 0 Å². The Labute approximate surface area is 147 Å². The van der Waals surface area contributed by atoms with Crippen LogP contribution < -0.4 is 5.56 Å². The maximum absolute atomic E-state index is 13.2. The van der Waals surface area contributed by atoms with Crippen molar-refractivity contribution < 1.29 is 4.79 Å². The number of aromatic nitrogens is 1. The zero-order valence-corrected chi connectivity index (χ0v) is 14.4. The molecule has 1 N–H and O–H groups in total. The molecule has 1 aliphatic carbocycles. The molecule has 0 bridgehead atoms. The smallest absolute Gasteiger partial charge is 0.255 e. The number of carbonyl (C=O) groups is 1. The van der Waals surface area contributed by atoms with Crippen LogP contribution in [0.2, 0.25) is 0 Å². The molecule has 2 aliphatic rings. The van der Waals surface area contributed by atoms with Crippen LogP contribution in [-0.4, -0.2) is 22.3 Å². The van der Waals surface area contributed by atoms with Gasteiger partial charge in [0.05, 0.1) is 11.6 Å². The molecule has 4 nitrogen and oxygen atoms in total. The predicted molar refractivity (Wildman–Crippen MR) is 97.6 cm³/mol. The number of nitrogens with one attached hydrogen (secondary N) is 1. The van der Waals surface area contributed by atoms with Crippen LogP contribution in [0.5, 0.6) is 0 Å². The van der Waals surface area contributed by atoms with Gasteiger partial charge in [0.15, 0.2) is 0 Å². The van der Waals surface area contributed by atoms with Crippen LogP contribution in [0.1, 0.15) is 59.6 Å². The van der Waals surface area contributed by atoms with Crippen molar-refractivity contribution in [2.45, 2.75) is 44.6 Å². The Morgan fingerprint density at radius 1 is 1.04 bits per heavy atom. The van der Waals surface area contributed by atoms with E-state index in [4.69, 9.17) is 0 Å². The molecule has 1 amide bonds. The molecule has 2 aromatic rings. The SMILES string of the molecule is O=C(c1ccc(=O)[nH]c1)N1CCc2ccccc2C1C1CCCCC1. The average molecular weight is 336 g/mol. The highest BCUT2D eigenvalue weighted by molar-refractivity contribution is 5.94. The van der Waals surface area contributed by atoms with Crippen LogP contribution in [0.3, 0.4) is 0 Å². The molecule has 1 unspecified atom stereocenters. The topological polar surface area (TPSA) is 53.2 Å². The van der Waals surface area contributed by atoms with Crippen LogP contribution in [0.25, 0.3) is 0 Å². The monoisotopic (exact) mass is 336 g/mol. The van der Waals surface area contributed by atoms with E-state index in [9.17, 15) is 9.59 Å². The van der Waals surface area contributed by atoms with Gasteiger partial charge in [0.2, 0.25) is 5.56 Å². The average Bonchev–Trinajstić information content (AvgIpc) is 2.68. The Bertz CT molecular complexity index is 800. The Morgan fingerprint density at radius 3 is 2.60 bits per heavy atom. The van der Waals surface area contributed by atoms with Gasteiger partial charge in [-0.2, -0.15) is 0 Å². The zero-order valence-electron chi connectivity index (χ0n) is 14.4. The van der Waals surface area contributed by atoms with Gasteiger partial charge >= 0.3 is 0 Å². The second-order valence-electron chi connectivity index (χ2n) is 7.23. The summed E-state index contributed by atoms with van der Waals surface area (Å²) >= 11 is 0. The van der Waals surface area contributed by atoms with Gasteiger partial charge in [0, 0.05) is 18.8 Å². The summed E-state index contributed by atoms with van der Waals surface area (Å²) in [7, 11) is 0. The summed E-state index contributed by atoms with van der Waals surface area (Å²) in [6.07, 6.45) is 8.63. The fraction of sp³-hybridized carbons (Fsp3) is 0.429. The van der Waals surface area contributed by atoms with Crippen LogP contribution in [-0.2, 0) is 6.42 Å². The summed E-state index contributed by atoms with van der Waals surface area (Å²) in [6, 6.07) is 11.8. The molecule has 1 aromatic carbocycles. The van der Waals surface area contributed by atoms with E-state index < -0.39 is 0 Å². The summed E-state index contributed by atoms with van der Waals surface area (Å²) in [5.41, 5.74) is 3.09. The first-order chi connectivity index (χ1) is 12.2. The Morgan fingerprint density at radius 2 is 1.84 bits per heavy atom. The van der Waals surface area contributed by atoms with Crippen molar-refractivity contribution >= 4 is 5.91 Å². The molecule has 0 saturated heterocycles. The first-order valence-corrected chi connectivity index (χ1v) is 9.31. The van der Waals surface area contributed by atoms with Crippen molar-refractivity contribution in [3.63, 3.8) is 0 Å². The maximum atomic E-state index is 13.2. The molecule has 4 rings (SSSR count). The van der Waals surface area contributed by atoms with E-state index in [1.165, 1.54) is 49.3 Å². The van der Waals surface area contributed by atoms with E-state index in [0.717, 1.165) is 13.0 Å². The molecule has 1 aromatic heterocycles. The van der Waals surface area contributed by atoms with E-state index in [2.05, 4.69) is 29.2 Å². The second-order valence-corrected chi connectivity index (χ2v) is 7.23. The molecule has 130 valence electrons. The minimum absolute atomic E-state index is 0.0290. The lowest BCUT2D eigenvalue weighted by molar-refractivity contribution is 0.0540. The van der Waals surface area contributed by atoms with Gasteiger partial charge in [-0.15, -0.1) is 0 Å². The number of amides is 1. The molecule has 1 fully saturated rings. The lowest BCUT2D eigenvalue weighted by Crippen LogP contribution is -2.43. The fourth-order valence-electron chi connectivity index (χ4n) is 4.49. The summed E-state index contributed by atoms with van der Waals surface area (Å²) in [5, 5.41) is 0. The Hall–Kier alpha value is -2.36. The van der Waals surface area contributed by atoms with Crippen molar-refractivity contribution in [1.82, 2.24) is 9.88 Å². The van der Waals surface area contributed by atoms with Crippen LogP contribution in [0.15, 0.2) is 47.4 Å². The van der Waals surface area contributed by atoms with Gasteiger partial charge in [-0.05, 0) is 42.4 Å². The molecular formula is C21H24N2O2. The highest BCUT2D eigenvalue weighted by atomic mass is 16.2. The van der Waals surface area contributed by atoms with Crippen LogP contribution in [0.4, 0.5) is 0 Å². The first-order valence-electron chi connectivity index (χ1n) is 9.31. The summed E-state index contributed by atoms with van der Waals surface area (Å²) in [5.74, 6) is 0.559. The third kappa shape index (κ3) is 3.13. The molecule has 0 radical (unpaired) electrons. The van der Waals surface area contributed by atoms with Crippen molar-refractivity contribution in [3.05, 3.63) is 69.6 Å². The van der Waals surface area contributed by atoms with E-state index >= 15 is 0 Å². The largest absolute Gasteiger partial charge is 0.331 e. The molecular weight excluding hydrogens is 312 g/mol. The second kappa shape index (κ2) is 6.87. The third-order valence-corrected chi connectivity index (χ3v) is 5.72. The number of aromatic amines is 1. The minimum atomic E-state index is -0.177. The number of nitrogens with zero attached hydrogens (tertiary/aromatic N) is 1. The standard InChI is InChI=1S/C21H24N2O2/c24-19-11-10-17(14-22-19)21(25)23-13-12-15-6-4-5-9-18(15)20(23)16-7-2-1-3-8-16/h4-6,9-11,14,16,20H,1-3,7-8,12-13H2,(H,22,24). The van der Waals surface area contributed by atoms with Crippen LogP contribution in [0, 0.1) is 5.92 Å². The van der Waals surface area contributed by atoms with Crippen molar-refractivity contribution in [2.24, 2.45) is 5.92 Å². The zero-order chi connectivity index (χ0) is 17.2. The summed E-state index contributed by atoms with van der Waals surface area (Å²) < 4.78 is 0. The first kappa shape index (κ1) is 16.1. The fourth-order valence-corrected chi connectivity index (χ4v) is 4.49. The Balaban J connectivity index is 1.71. The van der Waals surface area contributed by atoms with Gasteiger partial charge in [-0.3, -0.25) is 9.59 Å². The number of H-pyrrole nitrogens is 1. The van der Waals surface area contributed by atoms with Crippen molar-refractivity contribution in [2.75, 3.05) is 6.54 Å². The number of pyridine rings is 1.